The standard InChI is InChI=1S/C22H26N4OS/c1-15(2)12-26-7-3-4-18(13-26)22(27)25-21-9-19-8-16(20-11-23-14-28-20)5-6-17(19)10-24-21/h5-6,8-11,14-15,18H,3-4,7,12-13H2,1-2H3,(H,24,25,27)/t18-/m1/s1. The van der Waals surface area contributed by atoms with Gasteiger partial charge in [-0.1, -0.05) is 26.0 Å². The van der Waals surface area contributed by atoms with Gasteiger partial charge in [0.05, 0.1) is 16.3 Å². The summed E-state index contributed by atoms with van der Waals surface area (Å²) in [6.45, 7) is 7.44. The summed E-state index contributed by atoms with van der Waals surface area (Å²) in [5.41, 5.74) is 2.97. The molecule has 146 valence electrons. The summed E-state index contributed by atoms with van der Waals surface area (Å²) in [6.07, 6.45) is 5.73. The number of pyridine rings is 1. The van der Waals surface area contributed by atoms with Gasteiger partial charge in [-0.05, 0) is 48.4 Å². The lowest BCUT2D eigenvalue weighted by atomic mass is 9.96. The fraction of sp³-hybridized carbons (Fsp3) is 0.409. The third kappa shape index (κ3) is 4.39. The number of carbonyl (C=O) groups excluding carboxylic acids is 1. The van der Waals surface area contributed by atoms with Gasteiger partial charge in [0.25, 0.3) is 0 Å². The molecule has 5 nitrogen and oxygen atoms in total. The Hall–Kier alpha value is -2.31. The van der Waals surface area contributed by atoms with E-state index in [2.05, 4.69) is 52.2 Å². The Morgan fingerprint density at radius 1 is 1.29 bits per heavy atom. The molecule has 1 aliphatic heterocycles. The molecule has 0 spiro atoms. The molecule has 1 atom stereocenters. The van der Waals surface area contributed by atoms with E-state index >= 15 is 0 Å². The van der Waals surface area contributed by atoms with Crippen LogP contribution in [-0.2, 0) is 4.79 Å². The van der Waals surface area contributed by atoms with Crippen LogP contribution < -0.4 is 5.32 Å². The predicted molar refractivity (Wildman–Crippen MR) is 115 cm³/mol. The van der Waals surface area contributed by atoms with E-state index in [4.69, 9.17) is 0 Å². The number of amides is 1. The highest BCUT2D eigenvalue weighted by atomic mass is 32.1. The van der Waals surface area contributed by atoms with Gasteiger partial charge in [-0.15, -0.1) is 11.3 Å². The normalized spacial score (nSPS) is 17.9. The first kappa shape index (κ1) is 19.0. The Kier molecular flexibility index (Phi) is 5.69. The van der Waals surface area contributed by atoms with Gasteiger partial charge in [0, 0.05) is 30.9 Å². The summed E-state index contributed by atoms with van der Waals surface area (Å²) in [5.74, 6) is 1.36. The average molecular weight is 395 g/mol. The zero-order chi connectivity index (χ0) is 19.5. The van der Waals surface area contributed by atoms with E-state index in [0.717, 1.165) is 53.7 Å². The highest BCUT2D eigenvalue weighted by Crippen LogP contribution is 2.28. The molecule has 0 saturated carbocycles. The van der Waals surface area contributed by atoms with E-state index in [1.165, 1.54) is 0 Å². The van der Waals surface area contributed by atoms with Crippen molar-refractivity contribution < 1.29 is 4.79 Å². The topological polar surface area (TPSA) is 58.1 Å². The Balaban J connectivity index is 1.48. The van der Waals surface area contributed by atoms with Gasteiger partial charge in [-0.3, -0.25) is 9.78 Å². The summed E-state index contributed by atoms with van der Waals surface area (Å²) in [5, 5.41) is 5.18. The first-order chi connectivity index (χ1) is 13.6. The fourth-order valence-corrected chi connectivity index (χ4v) is 4.52. The lowest BCUT2D eigenvalue weighted by molar-refractivity contribution is -0.121. The molecular weight excluding hydrogens is 368 g/mol. The molecule has 0 radical (unpaired) electrons. The second kappa shape index (κ2) is 8.37. The van der Waals surface area contributed by atoms with E-state index in [1.807, 2.05) is 24.0 Å². The number of carbonyl (C=O) groups is 1. The second-order valence-corrected chi connectivity index (χ2v) is 8.87. The minimum atomic E-state index is 0.0357. The van der Waals surface area contributed by atoms with Crippen LogP contribution in [0.25, 0.3) is 21.2 Å². The molecule has 3 aromatic rings. The highest BCUT2D eigenvalue weighted by molar-refractivity contribution is 7.13. The lowest BCUT2D eigenvalue weighted by Gasteiger charge is -2.32. The number of anilines is 1. The van der Waals surface area contributed by atoms with Crippen molar-refractivity contribution in [3.63, 3.8) is 0 Å². The number of thiazole rings is 1. The van der Waals surface area contributed by atoms with E-state index in [-0.39, 0.29) is 11.8 Å². The van der Waals surface area contributed by atoms with Gasteiger partial charge >= 0.3 is 0 Å². The van der Waals surface area contributed by atoms with Gasteiger partial charge in [0.1, 0.15) is 5.82 Å². The van der Waals surface area contributed by atoms with Crippen LogP contribution in [-0.4, -0.2) is 40.4 Å². The largest absolute Gasteiger partial charge is 0.310 e. The van der Waals surface area contributed by atoms with Crippen LogP contribution in [0.3, 0.4) is 0 Å². The molecule has 0 aliphatic carbocycles. The number of piperidine rings is 1. The van der Waals surface area contributed by atoms with Crippen LogP contribution in [0.1, 0.15) is 26.7 Å². The van der Waals surface area contributed by atoms with Crippen LogP contribution in [0.2, 0.25) is 0 Å². The Morgan fingerprint density at radius 2 is 2.18 bits per heavy atom. The molecule has 1 N–H and O–H groups in total. The average Bonchev–Trinajstić information content (AvgIpc) is 3.22. The Morgan fingerprint density at radius 3 is 2.96 bits per heavy atom. The third-order valence-corrected chi connectivity index (χ3v) is 6.01. The van der Waals surface area contributed by atoms with E-state index < -0.39 is 0 Å². The van der Waals surface area contributed by atoms with Gasteiger partial charge in [0.15, 0.2) is 0 Å². The Bertz CT molecular complexity index is 954. The number of likely N-dealkylation sites (tertiary alicyclic amines) is 1. The van der Waals surface area contributed by atoms with Crippen LogP contribution in [0, 0.1) is 11.8 Å². The Labute approximate surface area is 169 Å². The van der Waals surface area contributed by atoms with Crippen molar-refractivity contribution in [1.29, 1.82) is 0 Å². The van der Waals surface area contributed by atoms with Crippen LogP contribution >= 0.6 is 11.3 Å². The number of fused-ring (bicyclic) bond motifs is 1. The molecule has 1 fully saturated rings. The fourth-order valence-electron chi connectivity index (χ4n) is 3.90. The summed E-state index contributed by atoms with van der Waals surface area (Å²) in [4.78, 5) is 25.0. The van der Waals surface area contributed by atoms with Gasteiger partial charge < -0.3 is 10.2 Å². The minimum absolute atomic E-state index is 0.0357. The van der Waals surface area contributed by atoms with E-state index in [0.29, 0.717) is 11.7 Å². The number of nitrogens with zero attached hydrogens (tertiary/aromatic N) is 3. The van der Waals surface area contributed by atoms with Crippen molar-refractivity contribution in [3.8, 4) is 10.4 Å². The molecule has 2 aromatic heterocycles. The molecular formula is C22H26N4OS. The van der Waals surface area contributed by atoms with Gasteiger partial charge in [-0.2, -0.15) is 0 Å². The monoisotopic (exact) mass is 394 g/mol. The second-order valence-electron chi connectivity index (χ2n) is 7.98. The van der Waals surface area contributed by atoms with Crippen LogP contribution in [0.4, 0.5) is 5.82 Å². The SMILES string of the molecule is CC(C)CN1CCC[C@@H](C(=O)Nc2cc3cc(-c4cncs4)ccc3cn2)C1. The summed E-state index contributed by atoms with van der Waals surface area (Å²) in [7, 11) is 0. The molecule has 1 amide bonds. The van der Waals surface area contributed by atoms with Crippen LogP contribution in [0.15, 0.2) is 42.2 Å². The van der Waals surface area contributed by atoms with Crippen molar-refractivity contribution in [2.75, 3.05) is 25.0 Å². The number of hydrogen-bond acceptors (Lipinski definition) is 5. The van der Waals surface area contributed by atoms with Crippen molar-refractivity contribution >= 4 is 33.8 Å². The molecule has 1 saturated heterocycles. The number of rotatable bonds is 5. The molecule has 1 aromatic carbocycles. The van der Waals surface area contributed by atoms with Crippen molar-refractivity contribution in [2.45, 2.75) is 26.7 Å². The van der Waals surface area contributed by atoms with Crippen molar-refractivity contribution in [1.82, 2.24) is 14.9 Å². The van der Waals surface area contributed by atoms with E-state index in [1.54, 1.807) is 11.3 Å². The van der Waals surface area contributed by atoms with E-state index in [9.17, 15) is 4.79 Å². The maximum absolute atomic E-state index is 12.8. The molecule has 28 heavy (non-hydrogen) atoms. The number of nitrogens with one attached hydrogen (secondary N) is 1. The number of hydrogen-bond donors (Lipinski definition) is 1. The van der Waals surface area contributed by atoms with Gasteiger partial charge in [0.2, 0.25) is 5.91 Å². The third-order valence-electron chi connectivity index (χ3n) is 5.19. The maximum Gasteiger partial charge on any atom is 0.229 e. The maximum atomic E-state index is 12.8. The zero-order valence-electron chi connectivity index (χ0n) is 16.4. The first-order valence-corrected chi connectivity index (χ1v) is 10.8. The van der Waals surface area contributed by atoms with Crippen molar-refractivity contribution in [2.24, 2.45) is 11.8 Å². The number of benzene rings is 1. The number of aromatic nitrogens is 2. The minimum Gasteiger partial charge on any atom is -0.310 e. The molecule has 6 heteroatoms. The highest BCUT2D eigenvalue weighted by Gasteiger charge is 2.26. The molecule has 3 heterocycles. The lowest BCUT2D eigenvalue weighted by Crippen LogP contribution is -2.42. The molecule has 1 aliphatic rings. The summed E-state index contributed by atoms with van der Waals surface area (Å²) >= 11 is 1.62. The summed E-state index contributed by atoms with van der Waals surface area (Å²) in [6, 6.07) is 8.24. The molecule has 0 bridgehead atoms. The van der Waals surface area contributed by atoms with Crippen molar-refractivity contribution in [3.05, 3.63) is 42.2 Å². The zero-order valence-corrected chi connectivity index (χ0v) is 17.2. The predicted octanol–water partition coefficient (Wildman–Crippen LogP) is 4.66. The summed E-state index contributed by atoms with van der Waals surface area (Å²) < 4.78 is 0. The molecule has 4 rings (SSSR count). The smallest absolute Gasteiger partial charge is 0.229 e. The van der Waals surface area contributed by atoms with Crippen LogP contribution in [0.5, 0.6) is 0 Å². The van der Waals surface area contributed by atoms with Gasteiger partial charge in [-0.25, -0.2) is 4.98 Å². The quantitative estimate of drug-likeness (QED) is 0.683. The molecule has 0 unspecified atom stereocenters. The first-order valence-electron chi connectivity index (χ1n) is 9.90.